The first kappa shape index (κ1) is 7.43. The van der Waals surface area contributed by atoms with E-state index in [0.717, 1.165) is 5.82 Å². The van der Waals surface area contributed by atoms with Crippen molar-refractivity contribution < 1.29 is 4.74 Å². The molecule has 0 aliphatic heterocycles. The highest BCUT2D eigenvalue weighted by Gasteiger charge is 2.00. The second-order valence-electron chi connectivity index (χ2n) is 1.71. The molecule has 1 N–H and O–H groups in total. The average Bonchev–Trinajstić information content (AvgIpc) is 2.37. The predicted molar refractivity (Wildman–Crippen MR) is 39.2 cm³/mol. The van der Waals surface area contributed by atoms with Crippen molar-refractivity contribution in [2.75, 3.05) is 14.2 Å². The van der Waals surface area contributed by atoms with Crippen LogP contribution in [-0.2, 0) is 6.54 Å². The van der Waals surface area contributed by atoms with Crippen LogP contribution in [-0.4, -0.2) is 23.5 Å². The maximum absolute atomic E-state index is 4.86. The zero-order valence-corrected chi connectivity index (χ0v) is 6.73. The smallest absolute Gasteiger partial charge is 0.292 e. The molecule has 0 saturated heterocycles. The zero-order chi connectivity index (χ0) is 7.40. The van der Waals surface area contributed by atoms with Crippen molar-refractivity contribution in [2.45, 2.75) is 6.54 Å². The van der Waals surface area contributed by atoms with E-state index in [1.807, 2.05) is 7.05 Å². The highest BCUT2D eigenvalue weighted by Crippen LogP contribution is 2.11. The first-order valence-corrected chi connectivity index (χ1v) is 3.65. The molecule has 0 aliphatic rings. The molecule has 1 rings (SSSR count). The van der Waals surface area contributed by atoms with Gasteiger partial charge in [-0.05, 0) is 7.05 Å². The number of hydrogen-bond acceptors (Lipinski definition) is 5. The molecule has 1 heterocycles. The third-order valence-corrected chi connectivity index (χ3v) is 1.68. The summed E-state index contributed by atoms with van der Waals surface area (Å²) in [5.74, 6) is 0.782. The number of nitrogens with one attached hydrogen (secondary N) is 1. The van der Waals surface area contributed by atoms with Gasteiger partial charge in [-0.3, -0.25) is 0 Å². The van der Waals surface area contributed by atoms with Gasteiger partial charge in [-0.25, -0.2) is 0 Å². The molecule has 0 aromatic carbocycles. The molecule has 56 valence electrons. The summed E-state index contributed by atoms with van der Waals surface area (Å²) < 4.78 is 8.88. The predicted octanol–water partition coefficient (Wildman–Crippen LogP) is 0.266. The molecule has 1 aromatic heterocycles. The van der Waals surface area contributed by atoms with Crippen molar-refractivity contribution >= 4 is 11.5 Å². The normalized spacial score (nSPS) is 9.80. The lowest BCUT2D eigenvalue weighted by molar-refractivity contribution is 0.410. The van der Waals surface area contributed by atoms with Gasteiger partial charge in [-0.2, -0.15) is 9.36 Å². The first-order valence-electron chi connectivity index (χ1n) is 2.88. The Morgan fingerprint density at radius 2 is 2.50 bits per heavy atom. The Morgan fingerprint density at radius 1 is 1.70 bits per heavy atom. The fraction of sp³-hybridized carbons (Fsp3) is 0.600. The molecular weight excluding hydrogens is 150 g/mol. The molecule has 4 nitrogen and oxygen atoms in total. The molecule has 1 aromatic rings. The highest BCUT2D eigenvalue weighted by atomic mass is 32.1. The quantitative estimate of drug-likeness (QED) is 0.687. The van der Waals surface area contributed by atoms with E-state index in [2.05, 4.69) is 14.7 Å². The van der Waals surface area contributed by atoms with Crippen LogP contribution in [0.1, 0.15) is 5.82 Å². The molecule has 0 aliphatic carbocycles. The van der Waals surface area contributed by atoms with Gasteiger partial charge in [0.2, 0.25) is 0 Å². The van der Waals surface area contributed by atoms with Gasteiger partial charge in [-0.15, -0.1) is 0 Å². The average molecular weight is 159 g/mol. The van der Waals surface area contributed by atoms with Gasteiger partial charge in [0.1, 0.15) is 0 Å². The minimum Gasteiger partial charge on any atom is -0.472 e. The van der Waals surface area contributed by atoms with E-state index in [1.54, 1.807) is 7.11 Å². The van der Waals surface area contributed by atoms with Crippen LogP contribution in [0.3, 0.4) is 0 Å². The van der Waals surface area contributed by atoms with Crippen molar-refractivity contribution in [3.05, 3.63) is 5.82 Å². The molecule has 0 fully saturated rings. The Balaban J connectivity index is 2.59. The molecule has 0 saturated carbocycles. The molecular formula is C5H9N3OS. The van der Waals surface area contributed by atoms with Crippen LogP contribution < -0.4 is 10.1 Å². The van der Waals surface area contributed by atoms with Crippen LogP contribution in [0, 0.1) is 0 Å². The van der Waals surface area contributed by atoms with Crippen LogP contribution in [0.2, 0.25) is 0 Å². The Labute approximate surface area is 63.4 Å². The third kappa shape index (κ3) is 1.65. The fourth-order valence-corrected chi connectivity index (χ4v) is 1.06. The van der Waals surface area contributed by atoms with Crippen molar-refractivity contribution in [1.82, 2.24) is 14.7 Å². The largest absolute Gasteiger partial charge is 0.472 e. The van der Waals surface area contributed by atoms with E-state index in [9.17, 15) is 0 Å². The van der Waals surface area contributed by atoms with Crippen LogP contribution in [0.25, 0.3) is 0 Å². The second kappa shape index (κ2) is 3.48. The van der Waals surface area contributed by atoms with Crippen LogP contribution in [0.4, 0.5) is 0 Å². The Morgan fingerprint density at radius 3 is 3.00 bits per heavy atom. The molecule has 0 amide bonds. The maximum atomic E-state index is 4.86. The molecule has 0 bridgehead atoms. The van der Waals surface area contributed by atoms with Gasteiger partial charge < -0.3 is 10.1 Å². The molecule has 5 heteroatoms. The summed E-state index contributed by atoms with van der Waals surface area (Å²) in [4.78, 5) is 4.04. The summed E-state index contributed by atoms with van der Waals surface area (Å²) in [5.41, 5.74) is 0. The summed E-state index contributed by atoms with van der Waals surface area (Å²) in [7, 11) is 3.44. The standard InChI is InChI=1S/C5H9N3OS/c1-6-3-4-7-5(9-2)10-8-4/h6H,3H2,1-2H3. The van der Waals surface area contributed by atoms with E-state index in [4.69, 9.17) is 4.74 Å². The number of hydrogen-bond donors (Lipinski definition) is 1. The fourth-order valence-electron chi connectivity index (χ4n) is 0.551. The number of methoxy groups -OCH3 is 1. The van der Waals surface area contributed by atoms with Gasteiger partial charge in [0, 0.05) is 11.5 Å². The molecule has 0 unspecified atom stereocenters. The minimum atomic E-state index is 0.616. The number of ether oxygens (including phenoxy) is 1. The molecule has 10 heavy (non-hydrogen) atoms. The van der Waals surface area contributed by atoms with Crippen LogP contribution >= 0.6 is 11.5 Å². The summed E-state index contributed by atoms with van der Waals surface area (Å²) in [5, 5.41) is 3.56. The second-order valence-corrected chi connectivity index (χ2v) is 2.43. The summed E-state index contributed by atoms with van der Waals surface area (Å²) in [6, 6.07) is 0. The summed E-state index contributed by atoms with van der Waals surface area (Å²) in [6.07, 6.45) is 0. The van der Waals surface area contributed by atoms with E-state index in [1.165, 1.54) is 11.5 Å². The van der Waals surface area contributed by atoms with E-state index in [0.29, 0.717) is 11.7 Å². The topological polar surface area (TPSA) is 47.0 Å². The van der Waals surface area contributed by atoms with Crippen LogP contribution in [0.15, 0.2) is 0 Å². The van der Waals surface area contributed by atoms with Gasteiger partial charge in [0.15, 0.2) is 5.82 Å². The van der Waals surface area contributed by atoms with Gasteiger partial charge in [0.05, 0.1) is 13.7 Å². The zero-order valence-electron chi connectivity index (χ0n) is 5.92. The summed E-state index contributed by atoms with van der Waals surface area (Å²) in [6.45, 7) is 0.694. The molecule has 0 radical (unpaired) electrons. The monoisotopic (exact) mass is 159 g/mol. The Bertz CT molecular complexity index is 201. The highest BCUT2D eigenvalue weighted by molar-refractivity contribution is 7.07. The van der Waals surface area contributed by atoms with Crippen molar-refractivity contribution in [3.63, 3.8) is 0 Å². The minimum absolute atomic E-state index is 0.616. The van der Waals surface area contributed by atoms with E-state index < -0.39 is 0 Å². The maximum Gasteiger partial charge on any atom is 0.292 e. The number of nitrogens with zero attached hydrogens (tertiary/aromatic N) is 2. The van der Waals surface area contributed by atoms with E-state index in [-0.39, 0.29) is 0 Å². The first-order chi connectivity index (χ1) is 4.86. The Hall–Kier alpha value is -0.680. The summed E-state index contributed by atoms with van der Waals surface area (Å²) >= 11 is 1.27. The van der Waals surface area contributed by atoms with Crippen LogP contribution in [0.5, 0.6) is 5.19 Å². The lowest BCUT2D eigenvalue weighted by atomic mass is 10.6. The van der Waals surface area contributed by atoms with Crippen molar-refractivity contribution in [1.29, 1.82) is 0 Å². The van der Waals surface area contributed by atoms with Gasteiger partial charge in [-0.1, -0.05) is 0 Å². The lowest BCUT2D eigenvalue weighted by Gasteiger charge is -1.88. The van der Waals surface area contributed by atoms with Gasteiger partial charge >= 0.3 is 0 Å². The lowest BCUT2D eigenvalue weighted by Crippen LogP contribution is -2.06. The Kier molecular flexibility index (Phi) is 2.58. The SMILES string of the molecule is CNCc1nsc(OC)n1. The molecule has 0 spiro atoms. The number of rotatable bonds is 3. The van der Waals surface area contributed by atoms with Gasteiger partial charge in [0.25, 0.3) is 5.19 Å². The molecule has 0 atom stereocenters. The third-order valence-electron chi connectivity index (χ3n) is 0.959. The van der Waals surface area contributed by atoms with Crippen molar-refractivity contribution in [3.8, 4) is 5.19 Å². The number of aromatic nitrogens is 2. The van der Waals surface area contributed by atoms with Crippen molar-refractivity contribution in [2.24, 2.45) is 0 Å². The van der Waals surface area contributed by atoms with E-state index >= 15 is 0 Å².